The summed E-state index contributed by atoms with van der Waals surface area (Å²) in [5, 5.41) is 15.0. The molecule has 2 N–H and O–H groups in total. The maximum atomic E-state index is 12.2. The fraction of sp³-hybridized carbons (Fsp3) is 0.643. The lowest BCUT2D eigenvalue weighted by molar-refractivity contribution is -0.127. The molecule has 1 aliphatic rings. The van der Waals surface area contributed by atoms with Crippen molar-refractivity contribution in [3.05, 3.63) is 22.4 Å². The molecule has 0 aromatic carbocycles. The molecule has 1 saturated heterocycles. The van der Waals surface area contributed by atoms with Crippen LogP contribution >= 0.6 is 11.3 Å². The Kier molecular flexibility index (Phi) is 5.26. The summed E-state index contributed by atoms with van der Waals surface area (Å²) in [5.74, 6) is -0.317. The van der Waals surface area contributed by atoms with Gasteiger partial charge in [-0.25, -0.2) is 12.7 Å². The fourth-order valence-corrected chi connectivity index (χ4v) is 4.19. The number of carbonyl (C=O) groups is 1. The van der Waals surface area contributed by atoms with Gasteiger partial charge in [0.05, 0.1) is 12.8 Å². The molecule has 6 nitrogen and oxygen atoms in total. The Bertz CT molecular complexity index is 603. The third-order valence-corrected chi connectivity index (χ3v) is 6.38. The van der Waals surface area contributed by atoms with Crippen LogP contribution in [0.4, 0.5) is 0 Å². The summed E-state index contributed by atoms with van der Waals surface area (Å²) in [6.45, 7) is 2.57. The molecule has 8 heteroatoms. The summed E-state index contributed by atoms with van der Waals surface area (Å²) in [4.78, 5) is 13.0. The molecule has 124 valence electrons. The molecule has 0 radical (unpaired) electrons. The Morgan fingerprint density at radius 3 is 2.64 bits per heavy atom. The summed E-state index contributed by atoms with van der Waals surface area (Å²) < 4.78 is 24.3. The second kappa shape index (κ2) is 6.66. The van der Waals surface area contributed by atoms with Crippen molar-refractivity contribution in [1.82, 2.24) is 9.62 Å². The van der Waals surface area contributed by atoms with Gasteiger partial charge in [-0.2, -0.15) is 0 Å². The van der Waals surface area contributed by atoms with Gasteiger partial charge in [-0.1, -0.05) is 6.07 Å². The SMILES string of the molecule is CC(O)(CNC(=O)C1CCN(S(C)(=O)=O)CC1)c1cccs1. The average Bonchev–Trinajstić information content (AvgIpc) is 2.99. The van der Waals surface area contributed by atoms with Crippen LogP contribution in [0.25, 0.3) is 0 Å². The number of carbonyl (C=O) groups excluding carboxylic acids is 1. The van der Waals surface area contributed by atoms with Gasteiger partial charge in [0.25, 0.3) is 0 Å². The summed E-state index contributed by atoms with van der Waals surface area (Å²) in [7, 11) is -3.18. The molecule has 0 aliphatic carbocycles. The third-order valence-electron chi connectivity index (χ3n) is 3.95. The van der Waals surface area contributed by atoms with E-state index in [9.17, 15) is 18.3 Å². The molecular weight excluding hydrogens is 324 g/mol. The predicted octanol–water partition coefficient (Wildman–Crippen LogP) is 0.743. The van der Waals surface area contributed by atoms with E-state index in [0.717, 1.165) is 4.88 Å². The molecule has 2 heterocycles. The molecule has 1 aromatic heterocycles. The topological polar surface area (TPSA) is 86.7 Å². The van der Waals surface area contributed by atoms with Crippen molar-refractivity contribution in [3.8, 4) is 0 Å². The lowest BCUT2D eigenvalue weighted by Gasteiger charge is -2.30. The second-order valence-corrected chi connectivity index (χ2v) is 8.84. The summed E-state index contributed by atoms with van der Waals surface area (Å²) >= 11 is 1.45. The van der Waals surface area contributed by atoms with Crippen molar-refractivity contribution in [1.29, 1.82) is 0 Å². The van der Waals surface area contributed by atoms with Crippen LogP contribution < -0.4 is 5.32 Å². The van der Waals surface area contributed by atoms with Gasteiger partial charge >= 0.3 is 0 Å². The number of sulfonamides is 1. The molecule has 1 atom stereocenters. The Morgan fingerprint density at radius 1 is 1.50 bits per heavy atom. The highest BCUT2D eigenvalue weighted by Crippen LogP contribution is 2.25. The van der Waals surface area contributed by atoms with Crippen LogP contribution in [-0.4, -0.2) is 49.6 Å². The summed E-state index contributed by atoms with van der Waals surface area (Å²) in [6.07, 6.45) is 2.21. The maximum absolute atomic E-state index is 12.2. The first kappa shape index (κ1) is 17.4. The van der Waals surface area contributed by atoms with Gasteiger partial charge in [-0.3, -0.25) is 4.79 Å². The third kappa shape index (κ3) is 4.28. The molecule has 1 fully saturated rings. The molecule has 2 rings (SSSR count). The van der Waals surface area contributed by atoms with E-state index in [0.29, 0.717) is 25.9 Å². The van der Waals surface area contributed by atoms with Gasteiger partial charge in [0.1, 0.15) is 5.60 Å². The zero-order valence-electron chi connectivity index (χ0n) is 12.8. The van der Waals surface area contributed by atoms with Gasteiger partial charge < -0.3 is 10.4 Å². The highest BCUT2D eigenvalue weighted by Gasteiger charge is 2.31. The lowest BCUT2D eigenvalue weighted by atomic mass is 9.96. The number of hydrogen-bond donors (Lipinski definition) is 2. The van der Waals surface area contributed by atoms with Crippen LogP contribution in [-0.2, 0) is 20.4 Å². The number of hydrogen-bond acceptors (Lipinski definition) is 5. The van der Waals surface area contributed by atoms with Gasteiger partial charge in [0.2, 0.25) is 15.9 Å². The van der Waals surface area contributed by atoms with Crippen molar-refractivity contribution >= 4 is 27.3 Å². The minimum absolute atomic E-state index is 0.120. The molecule has 0 saturated carbocycles. The standard InChI is InChI=1S/C14H22N2O4S2/c1-14(18,12-4-3-9-21-12)10-15-13(17)11-5-7-16(8-6-11)22(2,19)20/h3-4,9,11,18H,5-8,10H2,1-2H3,(H,15,17). The minimum Gasteiger partial charge on any atom is -0.383 e. The predicted molar refractivity (Wildman–Crippen MR) is 86.0 cm³/mol. The van der Waals surface area contributed by atoms with Crippen molar-refractivity contribution in [2.45, 2.75) is 25.4 Å². The average molecular weight is 346 g/mol. The normalized spacial score (nSPS) is 20.5. The first-order chi connectivity index (χ1) is 10.2. The van der Waals surface area contributed by atoms with Crippen LogP contribution in [0.2, 0.25) is 0 Å². The first-order valence-corrected chi connectivity index (χ1v) is 9.92. The minimum atomic E-state index is -3.18. The molecule has 1 aromatic rings. The number of thiophene rings is 1. The van der Waals surface area contributed by atoms with E-state index in [1.165, 1.54) is 21.9 Å². The number of nitrogens with one attached hydrogen (secondary N) is 1. The Labute approximate surface area is 135 Å². The first-order valence-electron chi connectivity index (χ1n) is 7.19. The highest BCUT2D eigenvalue weighted by molar-refractivity contribution is 7.88. The lowest BCUT2D eigenvalue weighted by Crippen LogP contribution is -2.45. The van der Waals surface area contributed by atoms with E-state index in [4.69, 9.17) is 0 Å². The van der Waals surface area contributed by atoms with Crippen molar-refractivity contribution in [2.75, 3.05) is 25.9 Å². The van der Waals surface area contributed by atoms with Crippen LogP contribution in [0.5, 0.6) is 0 Å². The summed E-state index contributed by atoms with van der Waals surface area (Å²) in [5.41, 5.74) is -1.09. The maximum Gasteiger partial charge on any atom is 0.223 e. The monoisotopic (exact) mass is 346 g/mol. The fourth-order valence-electron chi connectivity index (χ4n) is 2.53. The van der Waals surface area contributed by atoms with Crippen LogP contribution in [0.1, 0.15) is 24.6 Å². The number of rotatable bonds is 5. The Balaban J connectivity index is 1.84. The molecule has 22 heavy (non-hydrogen) atoms. The quantitative estimate of drug-likeness (QED) is 0.823. The number of nitrogens with zero attached hydrogens (tertiary/aromatic N) is 1. The van der Waals surface area contributed by atoms with E-state index < -0.39 is 15.6 Å². The van der Waals surface area contributed by atoms with Crippen molar-refractivity contribution < 1.29 is 18.3 Å². The van der Waals surface area contributed by atoms with Crippen LogP contribution in [0, 0.1) is 5.92 Å². The number of aliphatic hydroxyl groups is 1. The Morgan fingerprint density at radius 2 is 2.14 bits per heavy atom. The molecular formula is C14H22N2O4S2. The van der Waals surface area contributed by atoms with Gasteiger partial charge in [-0.05, 0) is 31.2 Å². The number of piperidine rings is 1. The van der Waals surface area contributed by atoms with Crippen molar-refractivity contribution in [2.24, 2.45) is 5.92 Å². The molecule has 0 bridgehead atoms. The second-order valence-electron chi connectivity index (χ2n) is 5.91. The Hall–Kier alpha value is -0.960. The highest BCUT2D eigenvalue weighted by atomic mass is 32.2. The largest absolute Gasteiger partial charge is 0.383 e. The summed E-state index contributed by atoms with van der Waals surface area (Å²) in [6, 6.07) is 3.69. The molecule has 1 amide bonds. The van der Waals surface area contributed by atoms with E-state index in [-0.39, 0.29) is 18.4 Å². The molecule has 1 unspecified atom stereocenters. The van der Waals surface area contributed by atoms with Crippen LogP contribution in [0.15, 0.2) is 17.5 Å². The smallest absolute Gasteiger partial charge is 0.223 e. The van der Waals surface area contributed by atoms with Gasteiger partial charge in [0.15, 0.2) is 0 Å². The van der Waals surface area contributed by atoms with Gasteiger partial charge in [-0.15, -0.1) is 11.3 Å². The van der Waals surface area contributed by atoms with Crippen LogP contribution in [0.3, 0.4) is 0 Å². The van der Waals surface area contributed by atoms with E-state index in [2.05, 4.69) is 5.32 Å². The van der Waals surface area contributed by atoms with Gasteiger partial charge in [0, 0.05) is 23.9 Å². The zero-order valence-corrected chi connectivity index (χ0v) is 14.4. The van der Waals surface area contributed by atoms with E-state index in [1.807, 2.05) is 17.5 Å². The van der Waals surface area contributed by atoms with E-state index in [1.54, 1.807) is 6.92 Å². The molecule has 0 spiro atoms. The number of amides is 1. The molecule has 1 aliphatic heterocycles. The zero-order chi connectivity index (χ0) is 16.4. The van der Waals surface area contributed by atoms with E-state index >= 15 is 0 Å². The van der Waals surface area contributed by atoms with Crippen molar-refractivity contribution in [3.63, 3.8) is 0 Å².